The molecule has 0 aliphatic rings. The molecule has 58 valence electrons. The van der Waals surface area contributed by atoms with E-state index >= 15 is 0 Å². The van der Waals surface area contributed by atoms with Gasteiger partial charge < -0.3 is 5.11 Å². The van der Waals surface area contributed by atoms with Gasteiger partial charge in [0, 0.05) is 11.1 Å². The summed E-state index contributed by atoms with van der Waals surface area (Å²) < 4.78 is 0. The number of aliphatic hydroxyl groups excluding tert-OH is 1. The Balaban J connectivity index is 3.25. The predicted octanol–water partition coefficient (Wildman–Crippen LogP) is 1.14. The van der Waals surface area contributed by atoms with E-state index in [9.17, 15) is 0 Å². The van der Waals surface area contributed by atoms with Crippen LogP contribution in [0.4, 0.5) is 0 Å². The van der Waals surface area contributed by atoms with Crippen LogP contribution in [0, 0.1) is 24.7 Å². The van der Waals surface area contributed by atoms with Crippen molar-refractivity contribution in [1.29, 1.82) is 0 Å². The summed E-state index contributed by atoms with van der Waals surface area (Å²) in [5.74, 6) is 4.94. The highest BCUT2D eigenvalue weighted by molar-refractivity contribution is 5.49. The van der Waals surface area contributed by atoms with Gasteiger partial charge in [-0.15, -0.1) is 12.8 Å². The molecule has 1 aromatic carbocycles. The molecule has 0 radical (unpaired) electrons. The Labute approximate surface area is 72.0 Å². The first-order valence-electron chi connectivity index (χ1n) is 3.49. The fourth-order valence-corrected chi connectivity index (χ4v) is 0.935. The summed E-state index contributed by atoms with van der Waals surface area (Å²) in [6, 6.07) is 5.21. The van der Waals surface area contributed by atoms with Crippen LogP contribution in [0.15, 0.2) is 18.2 Å². The lowest BCUT2D eigenvalue weighted by Crippen LogP contribution is -1.88. The van der Waals surface area contributed by atoms with Crippen LogP contribution >= 0.6 is 0 Å². The van der Waals surface area contributed by atoms with Crippen LogP contribution in [0.2, 0.25) is 0 Å². The van der Waals surface area contributed by atoms with Crippen LogP contribution in [0.25, 0.3) is 0 Å². The van der Waals surface area contributed by atoms with Crippen LogP contribution in [0.3, 0.4) is 0 Å². The molecule has 0 aromatic heterocycles. The molecule has 0 saturated carbocycles. The summed E-state index contributed by atoms with van der Waals surface area (Å²) in [6.45, 7) is -0.0144. The smallest absolute Gasteiger partial charge is 0.0682 e. The van der Waals surface area contributed by atoms with Crippen LogP contribution in [-0.2, 0) is 6.61 Å². The number of hydrogen-bond donors (Lipinski definition) is 1. The Hall–Kier alpha value is -1.70. The lowest BCUT2D eigenvalue weighted by molar-refractivity contribution is 0.282. The number of aliphatic hydroxyl groups is 1. The van der Waals surface area contributed by atoms with Gasteiger partial charge >= 0.3 is 0 Å². The van der Waals surface area contributed by atoms with Crippen molar-refractivity contribution in [3.05, 3.63) is 34.9 Å². The molecule has 0 amide bonds. The van der Waals surface area contributed by atoms with Gasteiger partial charge in [0.1, 0.15) is 0 Å². The predicted molar refractivity (Wildman–Crippen MR) is 48.2 cm³/mol. The van der Waals surface area contributed by atoms with Crippen LogP contribution in [0.1, 0.15) is 16.7 Å². The summed E-state index contributed by atoms with van der Waals surface area (Å²) in [7, 11) is 0. The third kappa shape index (κ3) is 1.48. The van der Waals surface area contributed by atoms with E-state index in [4.69, 9.17) is 18.0 Å². The largest absolute Gasteiger partial charge is 0.392 e. The summed E-state index contributed by atoms with van der Waals surface area (Å²) >= 11 is 0. The summed E-state index contributed by atoms with van der Waals surface area (Å²) in [6.07, 6.45) is 10.4. The number of terminal acetylenes is 2. The molecule has 1 rings (SSSR count). The minimum Gasteiger partial charge on any atom is -0.392 e. The molecule has 1 nitrogen and oxygen atoms in total. The quantitative estimate of drug-likeness (QED) is 0.604. The molecular weight excluding hydrogens is 148 g/mol. The molecule has 1 heteroatoms. The lowest BCUT2D eigenvalue weighted by Gasteiger charge is -1.99. The zero-order valence-electron chi connectivity index (χ0n) is 6.54. The van der Waals surface area contributed by atoms with Crippen molar-refractivity contribution in [2.45, 2.75) is 6.61 Å². The van der Waals surface area contributed by atoms with E-state index in [1.165, 1.54) is 0 Å². The van der Waals surface area contributed by atoms with E-state index in [1.54, 1.807) is 18.2 Å². The Morgan fingerprint density at radius 3 is 2.33 bits per heavy atom. The average molecular weight is 156 g/mol. The van der Waals surface area contributed by atoms with Gasteiger partial charge in [0.2, 0.25) is 0 Å². The standard InChI is InChI=1S/C11H8O/c1-3-10-6-5-9(8-12)7-11(10)4-2/h1-2,5-7,12H,8H2. The second-order valence-corrected chi connectivity index (χ2v) is 2.33. The molecule has 0 heterocycles. The Bertz CT molecular complexity index is 364. The van der Waals surface area contributed by atoms with E-state index in [2.05, 4.69) is 11.8 Å². The van der Waals surface area contributed by atoms with Crippen molar-refractivity contribution < 1.29 is 5.11 Å². The molecule has 12 heavy (non-hydrogen) atoms. The van der Waals surface area contributed by atoms with Crippen molar-refractivity contribution in [2.75, 3.05) is 0 Å². The highest BCUT2D eigenvalue weighted by Gasteiger charge is 1.97. The Kier molecular flexibility index (Phi) is 2.53. The second-order valence-electron chi connectivity index (χ2n) is 2.33. The first-order chi connectivity index (χ1) is 5.81. The van der Waals surface area contributed by atoms with Crippen molar-refractivity contribution in [3.63, 3.8) is 0 Å². The fraction of sp³-hybridized carbons (Fsp3) is 0.0909. The highest BCUT2D eigenvalue weighted by atomic mass is 16.3. The van der Waals surface area contributed by atoms with Crippen molar-refractivity contribution in [1.82, 2.24) is 0 Å². The Morgan fingerprint density at radius 2 is 1.83 bits per heavy atom. The molecule has 0 saturated heterocycles. The van der Waals surface area contributed by atoms with Crippen LogP contribution in [-0.4, -0.2) is 5.11 Å². The first kappa shape index (κ1) is 8.40. The van der Waals surface area contributed by atoms with Gasteiger partial charge in [-0.3, -0.25) is 0 Å². The van der Waals surface area contributed by atoms with Gasteiger partial charge in [0.05, 0.1) is 6.61 Å². The summed E-state index contributed by atoms with van der Waals surface area (Å²) in [4.78, 5) is 0. The van der Waals surface area contributed by atoms with Crippen molar-refractivity contribution in [2.24, 2.45) is 0 Å². The van der Waals surface area contributed by atoms with Gasteiger partial charge in [-0.05, 0) is 17.7 Å². The third-order valence-corrected chi connectivity index (χ3v) is 1.58. The van der Waals surface area contributed by atoms with E-state index in [-0.39, 0.29) is 6.61 Å². The molecule has 1 aromatic rings. The van der Waals surface area contributed by atoms with E-state index < -0.39 is 0 Å². The van der Waals surface area contributed by atoms with Crippen molar-refractivity contribution in [3.8, 4) is 24.7 Å². The van der Waals surface area contributed by atoms with Gasteiger partial charge in [-0.2, -0.15) is 0 Å². The molecule has 0 aliphatic carbocycles. The van der Waals surface area contributed by atoms with Crippen LogP contribution in [0.5, 0.6) is 0 Å². The van der Waals surface area contributed by atoms with E-state index in [0.29, 0.717) is 11.1 Å². The topological polar surface area (TPSA) is 20.2 Å². The molecule has 0 aliphatic heterocycles. The maximum Gasteiger partial charge on any atom is 0.0682 e. The summed E-state index contributed by atoms with van der Waals surface area (Å²) in [5, 5.41) is 8.80. The van der Waals surface area contributed by atoms with Gasteiger partial charge in [-0.1, -0.05) is 17.9 Å². The molecule has 0 bridgehead atoms. The monoisotopic (exact) mass is 156 g/mol. The number of hydrogen-bond acceptors (Lipinski definition) is 1. The summed E-state index contributed by atoms with van der Waals surface area (Å²) in [5.41, 5.74) is 2.13. The second kappa shape index (κ2) is 3.62. The normalized spacial score (nSPS) is 8.58. The maximum atomic E-state index is 8.80. The minimum atomic E-state index is -0.0144. The van der Waals surface area contributed by atoms with Gasteiger partial charge in [-0.25, -0.2) is 0 Å². The van der Waals surface area contributed by atoms with E-state index in [1.807, 2.05) is 0 Å². The molecular formula is C11H8O. The third-order valence-electron chi connectivity index (χ3n) is 1.58. The highest BCUT2D eigenvalue weighted by Crippen LogP contribution is 2.09. The molecule has 0 atom stereocenters. The molecule has 0 unspecified atom stereocenters. The molecule has 0 spiro atoms. The maximum absolute atomic E-state index is 8.80. The average Bonchev–Trinajstić information content (AvgIpc) is 2.16. The Morgan fingerprint density at radius 1 is 1.17 bits per heavy atom. The van der Waals surface area contributed by atoms with Crippen molar-refractivity contribution >= 4 is 0 Å². The van der Waals surface area contributed by atoms with Gasteiger partial charge in [0.15, 0.2) is 0 Å². The first-order valence-corrected chi connectivity index (χ1v) is 3.49. The fourth-order valence-electron chi connectivity index (χ4n) is 0.935. The number of benzene rings is 1. The lowest BCUT2D eigenvalue weighted by atomic mass is 10.1. The van der Waals surface area contributed by atoms with E-state index in [0.717, 1.165) is 5.56 Å². The minimum absolute atomic E-state index is 0.0144. The van der Waals surface area contributed by atoms with Crippen LogP contribution < -0.4 is 0 Å². The zero-order chi connectivity index (χ0) is 8.97. The SMILES string of the molecule is C#Cc1ccc(CO)cc1C#C. The van der Waals surface area contributed by atoms with Gasteiger partial charge in [0.25, 0.3) is 0 Å². The zero-order valence-corrected chi connectivity index (χ0v) is 6.54. The molecule has 0 fully saturated rings. The number of rotatable bonds is 1. The molecule has 1 N–H and O–H groups in total.